The van der Waals surface area contributed by atoms with Crippen molar-refractivity contribution in [3.05, 3.63) is 0 Å². The molecule has 0 aromatic carbocycles. The van der Waals surface area contributed by atoms with Crippen LogP contribution in [0.4, 0.5) is 4.39 Å². The second-order valence-electron chi connectivity index (χ2n) is 6.91. The first-order valence-corrected chi connectivity index (χ1v) is 16.1. The minimum Gasteiger partial charge on any atom is -0.779 e. The highest BCUT2D eigenvalue weighted by Crippen LogP contribution is 2.61. The molecule has 10 atom stereocenters. The number of ether oxygens (including phenoxy) is 2. The van der Waals surface area contributed by atoms with Crippen molar-refractivity contribution in [1.82, 2.24) is 0 Å². The summed E-state index contributed by atoms with van der Waals surface area (Å²) in [4.78, 5) is 54.3. The number of hydrogen-bond donors (Lipinski definition) is 2. The number of alkyl halides is 1. The quantitative estimate of drug-likeness (QED) is 0.162. The Labute approximate surface area is 198 Å². The number of phosphoric ester groups is 1. The third-order valence-electron chi connectivity index (χ3n) is 4.16. The van der Waals surface area contributed by atoms with Crippen LogP contribution in [0.2, 0.25) is 0 Å². The molecule has 2 N–H and O–H groups in total. The smallest absolute Gasteiger partial charge is 0.279 e. The van der Waals surface area contributed by atoms with E-state index in [-0.39, 0.29) is 12.8 Å². The lowest BCUT2D eigenvalue weighted by molar-refractivity contribution is -0.244. The molecule has 0 amide bonds. The van der Waals surface area contributed by atoms with E-state index in [9.17, 15) is 42.8 Å². The Morgan fingerprint density at radius 2 is 1.62 bits per heavy atom. The summed E-state index contributed by atoms with van der Waals surface area (Å²) in [5, 5.41) is 9.73. The minimum atomic E-state index is -5.92. The lowest BCUT2D eigenvalue weighted by Crippen LogP contribution is -2.32. The van der Waals surface area contributed by atoms with Crippen LogP contribution in [0.15, 0.2) is 0 Å². The molecule has 0 aromatic heterocycles. The Hall–Kier alpha value is 0.815. The van der Waals surface area contributed by atoms with Crippen molar-refractivity contribution in [2.75, 3.05) is 19.9 Å². The maximum absolute atomic E-state index is 12.6. The Balaban J connectivity index is 1.91. The van der Waals surface area contributed by atoms with Crippen LogP contribution in [0.25, 0.3) is 0 Å². The molecule has 198 valence electrons. The first-order chi connectivity index (χ1) is 15.4. The van der Waals surface area contributed by atoms with Crippen LogP contribution < -0.4 is 19.6 Å². The highest BCUT2D eigenvalue weighted by Gasteiger charge is 2.39. The van der Waals surface area contributed by atoms with E-state index in [4.69, 9.17) is 26.7 Å². The molecule has 2 radical (unpaired) electrons. The van der Waals surface area contributed by atoms with Gasteiger partial charge in [0.1, 0.15) is 33.4 Å². The van der Waals surface area contributed by atoms with E-state index in [2.05, 4.69) is 29.5 Å². The van der Waals surface area contributed by atoms with Gasteiger partial charge in [0.15, 0.2) is 0 Å². The molecule has 2 heterocycles. The van der Waals surface area contributed by atoms with Gasteiger partial charge in [-0.05, 0) is 6.42 Å². The molecule has 0 aliphatic carbocycles. The summed E-state index contributed by atoms with van der Waals surface area (Å²) in [5.41, 5.74) is 0. The minimum absolute atomic E-state index is 0.0610. The fourth-order valence-corrected chi connectivity index (χ4v) is 7.64. The van der Waals surface area contributed by atoms with Crippen LogP contribution >= 0.6 is 30.2 Å². The van der Waals surface area contributed by atoms with Gasteiger partial charge in [-0.3, -0.25) is 18.0 Å². The lowest BCUT2D eigenvalue weighted by Gasteiger charge is -2.36. The Kier molecular flexibility index (Phi) is 11.1. The van der Waals surface area contributed by atoms with E-state index in [1.807, 2.05) is 0 Å². The molecule has 0 aromatic rings. The molecule has 34 heavy (non-hydrogen) atoms. The number of phosphoric acid groups is 3. The largest absolute Gasteiger partial charge is 0.779 e. The number of halogens is 1. The highest BCUT2D eigenvalue weighted by atomic mass is 32.5. The predicted molar refractivity (Wildman–Crippen MR) is 103 cm³/mol. The molecule has 2 rings (SSSR count). The summed E-state index contributed by atoms with van der Waals surface area (Å²) in [6.45, 7) is -7.50. The molecule has 0 spiro atoms. The zero-order valence-corrected chi connectivity index (χ0v) is 21.2. The normalized spacial score (nSPS) is 36.9. The van der Waals surface area contributed by atoms with Crippen LogP contribution in [-0.4, -0.2) is 74.3 Å². The fraction of sp³-hybridized carbons (Fsp3) is 1.00. The molecule has 0 bridgehead atoms. The van der Waals surface area contributed by atoms with E-state index in [1.54, 1.807) is 0 Å². The zero-order valence-electron chi connectivity index (χ0n) is 16.8. The molecule has 16 nitrogen and oxygen atoms in total. The standard InChI is InChI=1S/C11H22BFO16P4S/c12-11-2-8(27-31(18,19)23-4-9-7(14)1-6(3-13)25-9)10(26-11)5-24-33(22,34)29-32(20,21)28-30(15,16)17/h6-11,14H,1-5H2,(H,18,19)(H,20,21)(H,22,34)(H2,15,16,17)/p-4/t6-,7+,8+,9-,10-,11-,33?/m1/s1. The van der Waals surface area contributed by atoms with Gasteiger partial charge in [-0.2, -0.15) is 0 Å². The van der Waals surface area contributed by atoms with Crippen molar-refractivity contribution < 1.29 is 79.3 Å². The monoisotopic (exact) mass is 592 g/mol. The van der Waals surface area contributed by atoms with E-state index in [0.29, 0.717) is 0 Å². The van der Waals surface area contributed by atoms with Crippen molar-refractivity contribution in [3.8, 4) is 0 Å². The van der Waals surface area contributed by atoms with Crippen molar-refractivity contribution in [2.45, 2.75) is 49.4 Å². The lowest BCUT2D eigenvalue weighted by atomic mass is 9.96. The van der Waals surface area contributed by atoms with Crippen LogP contribution in [0, 0.1) is 0 Å². The third kappa shape index (κ3) is 10.7. The second-order valence-corrected chi connectivity index (χ2v) is 13.9. The number of aliphatic hydroxyl groups excluding tert-OH is 1. The molecular formula is C11H18BFO16P4S-4. The summed E-state index contributed by atoms with van der Waals surface area (Å²) in [7, 11) is -11.3. The maximum Gasteiger partial charge on any atom is 0.279 e. The molecular weight excluding hydrogens is 574 g/mol. The number of aliphatic hydroxyl groups is 1. The van der Waals surface area contributed by atoms with Gasteiger partial charge < -0.3 is 52.6 Å². The van der Waals surface area contributed by atoms with Crippen LogP contribution in [0.5, 0.6) is 0 Å². The average molecular weight is 592 g/mol. The molecule has 2 aliphatic rings. The van der Waals surface area contributed by atoms with Crippen LogP contribution in [0.1, 0.15) is 12.8 Å². The number of hydrogen-bond acceptors (Lipinski definition) is 16. The molecule has 2 saturated heterocycles. The summed E-state index contributed by atoms with van der Waals surface area (Å²) in [6.07, 6.45) is -6.35. The van der Waals surface area contributed by atoms with Crippen LogP contribution in [-0.2, 0) is 57.2 Å². The van der Waals surface area contributed by atoms with Gasteiger partial charge in [-0.15, -0.1) is 0 Å². The van der Waals surface area contributed by atoms with Gasteiger partial charge in [-0.25, -0.2) is 8.70 Å². The summed E-state index contributed by atoms with van der Waals surface area (Å²) >= 11 is 4.28. The maximum atomic E-state index is 12.6. The average Bonchev–Trinajstić information content (AvgIpc) is 3.16. The van der Waals surface area contributed by atoms with E-state index in [1.165, 1.54) is 0 Å². The second kappa shape index (κ2) is 12.1. The van der Waals surface area contributed by atoms with Crippen molar-refractivity contribution in [3.63, 3.8) is 0 Å². The van der Waals surface area contributed by atoms with Crippen molar-refractivity contribution in [1.29, 1.82) is 0 Å². The molecule has 0 saturated carbocycles. The highest BCUT2D eigenvalue weighted by molar-refractivity contribution is 8.07. The van der Waals surface area contributed by atoms with Gasteiger partial charge in [0, 0.05) is 12.4 Å². The number of rotatable bonds is 13. The SMILES string of the molecule is [B][C@H]1C[C@H](OP(=O)([O-])OC[C@H]2O[C@@H](CF)C[C@@H]2O)[C@@H](COP([O-])(=S)OP(=O)([O-])OP(=O)([O-])O)O1. The zero-order chi connectivity index (χ0) is 25.9. The van der Waals surface area contributed by atoms with Gasteiger partial charge >= 0.3 is 0 Å². The predicted octanol–water partition coefficient (Wildman–Crippen LogP) is -2.81. The van der Waals surface area contributed by atoms with E-state index >= 15 is 0 Å². The van der Waals surface area contributed by atoms with E-state index in [0.717, 1.165) is 0 Å². The first-order valence-electron chi connectivity index (χ1n) is 9.08. The van der Waals surface area contributed by atoms with Gasteiger partial charge in [0.25, 0.3) is 23.5 Å². The third-order valence-corrected chi connectivity index (χ3v) is 9.76. The van der Waals surface area contributed by atoms with Gasteiger partial charge in [0.05, 0.1) is 31.5 Å². The van der Waals surface area contributed by atoms with Crippen molar-refractivity contribution >= 4 is 49.8 Å². The molecule has 4 unspecified atom stereocenters. The first kappa shape index (κ1) is 31.0. The van der Waals surface area contributed by atoms with Gasteiger partial charge in [0.2, 0.25) is 0 Å². The summed E-state index contributed by atoms with van der Waals surface area (Å²) in [5.74, 6) is 0. The topological polar surface area (TPSA) is 249 Å². The van der Waals surface area contributed by atoms with Crippen LogP contribution in [0.3, 0.4) is 0 Å². The molecule has 23 heteroatoms. The molecule has 2 fully saturated rings. The Morgan fingerprint density at radius 1 is 1.00 bits per heavy atom. The molecule has 2 aliphatic heterocycles. The summed E-state index contributed by atoms with van der Waals surface area (Å²) < 4.78 is 77.8. The fourth-order valence-electron chi connectivity index (χ4n) is 2.88. The van der Waals surface area contributed by atoms with E-state index < -0.39 is 86.6 Å². The Morgan fingerprint density at radius 3 is 2.18 bits per heavy atom. The summed E-state index contributed by atoms with van der Waals surface area (Å²) in [6, 6.07) is -1.11. The van der Waals surface area contributed by atoms with Crippen molar-refractivity contribution in [2.24, 2.45) is 0 Å². The van der Waals surface area contributed by atoms with Gasteiger partial charge in [-0.1, -0.05) is 11.8 Å². The Bertz CT molecular complexity index is 891.